The quantitative estimate of drug-likeness (QED) is 0.662. The van der Waals surface area contributed by atoms with Crippen molar-refractivity contribution >= 4 is 22.4 Å². The SMILES string of the molecule is Cc1cc2c(C3CCCN3C)cc(C3=CCCN(C(=O)CCn4ccnn4)C3)c(F)c2[nH]1. The zero-order valence-electron chi connectivity index (χ0n) is 18.6. The van der Waals surface area contributed by atoms with Crippen molar-refractivity contribution in [2.45, 2.75) is 45.2 Å². The number of rotatable bonds is 5. The molecule has 0 saturated carbocycles. The molecule has 1 fully saturated rings. The van der Waals surface area contributed by atoms with Gasteiger partial charge in [-0.1, -0.05) is 11.3 Å². The van der Waals surface area contributed by atoms with Gasteiger partial charge in [-0.05, 0) is 63.0 Å². The first-order valence-electron chi connectivity index (χ1n) is 11.3. The van der Waals surface area contributed by atoms with E-state index in [0.29, 0.717) is 37.1 Å². The van der Waals surface area contributed by atoms with E-state index in [0.717, 1.165) is 42.5 Å². The number of hydrogen-bond acceptors (Lipinski definition) is 4. The fraction of sp³-hybridized carbons (Fsp3) is 0.458. The first kappa shape index (κ1) is 20.9. The second kappa shape index (κ2) is 8.50. The minimum atomic E-state index is -0.222. The average molecular weight is 437 g/mol. The molecule has 8 heteroatoms. The average Bonchev–Trinajstić information content (AvgIpc) is 3.54. The monoisotopic (exact) mass is 436 g/mol. The number of hydrogen-bond donors (Lipinski definition) is 1. The van der Waals surface area contributed by atoms with E-state index in [9.17, 15) is 4.79 Å². The minimum Gasteiger partial charge on any atom is -0.356 e. The Balaban J connectivity index is 1.44. The van der Waals surface area contributed by atoms with Crippen LogP contribution < -0.4 is 0 Å². The predicted octanol–water partition coefficient (Wildman–Crippen LogP) is 3.68. The van der Waals surface area contributed by atoms with Crippen molar-refractivity contribution in [1.29, 1.82) is 0 Å². The van der Waals surface area contributed by atoms with E-state index >= 15 is 4.39 Å². The summed E-state index contributed by atoms with van der Waals surface area (Å²) in [7, 11) is 2.14. The highest BCUT2D eigenvalue weighted by atomic mass is 19.1. The molecule has 3 aromatic rings. The molecule has 1 aromatic carbocycles. The number of nitrogens with zero attached hydrogens (tertiary/aromatic N) is 5. The van der Waals surface area contributed by atoms with E-state index < -0.39 is 0 Å². The summed E-state index contributed by atoms with van der Waals surface area (Å²) in [5, 5.41) is 8.67. The van der Waals surface area contributed by atoms with Crippen LogP contribution in [0.4, 0.5) is 4.39 Å². The maximum absolute atomic E-state index is 15.7. The standard InChI is InChI=1S/C24H29FN6O/c1-16-13-20-19(21-6-4-9-29(21)2)14-18(23(25)24(20)27-16)17-5-3-10-30(15-17)22(32)7-11-31-12-8-26-28-31/h5,8,12-14,21,27H,3-4,6-7,9-11,15H2,1-2H3. The Morgan fingerprint density at radius 3 is 2.94 bits per heavy atom. The van der Waals surface area contributed by atoms with Crippen LogP contribution >= 0.6 is 0 Å². The molecule has 2 aromatic heterocycles. The van der Waals surface area contributed by atoms with Gasteiger partial charge < -0.3 is 9.88 Å². The van der Waals surface area contributed by atoms with Gasteiger partial charge in [0.25, 0.3) is 0 Å². The highest BCUT2D eigenvalue weighted by molar-refractivity contribution is 5.90. The number of halogens is 1. The lowest BCUT2D eigenvalue weighted by Crippen LogP contribution is -2.36. The van der Waals surface area contributed by atoms with Crippen LogP contribution in [0.3, 0.4) is 0 Å². The lowest BCUT2D eigenvalue weighted by atomic mass is 9.92. The van der Waals surface area contributed by atoms with Crippen LogP contribution in [0.15, 0.2) is 30.6 Å². The van der Waals surface area contributed by atoms with Crippen molar-refractivity contribution in [2.75, 3.05) is 26.7 Å². The summed E-state index contributed by atoms with van der Waals surface area (Å²) in [6.45, 7) is 4.60. The third-order valence-corrected chi connectivity index (χ3v) is 6.77. The summed E-state index contributed by atoms with van der Waals surface area (Å²) >= 11 is 0. The van der Waals surface area contributed by atoms with E-state index in [4.69, 9.17) is 0 Å². The van der Waals surface area contributed by atoms with Crippen molar-refractivity contribution in [3.63, 3.8) is 0 Å². The largest absolute Gasteiger partial charge is 0.356 e. The van der Waals surface area contributed by atoms with Gasteiger partial charge >= 0.3 is 0 Å². The highest BCUT2D eigenvalue weighted by Gasteiger charge is 2.28. The first-order chi connectivity index (χ1) is 15.5. The molecule has 0 bridgehead atoms. The van der Waals surface area contributed by atoms with Crippen LogP contribution in [0.2, 0.25) is 0 Å². The number of aryl methyl sites for hydroxylation is 2. The summed E-state index contributed by atoms with van der Waals surface area (Å²) in [6.07, 6.45) is 8.74. The lowest BCUT2D eigenvalue weighted by molar-refractivity contribution is -0.131. The van der Waals surface area contributed by atoms with Crippen molar-refractivity contribution in [3.8, 4) is 0 Å². The molecule has 1 amide bonds. The maximum Gasteiger partial charge on any atom is 0.224 e. The van der Waals surface area contributed by atoms with Crippen molar-refractivity contribution in [2.24, 2.45) is 0 Å². The van der Waals surface area contributed by atoms with Gasteiger partial charge in [0.15, 0.2) is 5.82 Å². The van der Waals surface area contributed by atoms with Crippen LogP contribution in [0, 0.1) is 12.7 Å². The van der Waals surface area contributed by atoms with Crippen LogP contribution in [0.1, 0.15) is 48.5 Å². The molecule has 0 aliphatic carbocycles. The van der Waals surface area contributed by atoms with E-state index in [1.807, 2.05) is 17.9 Å². The molecule has 1 saturated heterocycles. The number of benzene rings is 1. The van der Waals surface area contributed by atoms with E-state index in [1.54, 1.807) is 17.1 Å². The number of fused-ring (bicyclic) bond motifs is 1. The number of likely N-dealkylation sites (tertiary alicyclic amines) is 1. The Hall–Kier alpha value is -3.00. The molecule has 2 aliphatic heterocycles. The molecule has 4 heterocycles. The van der Waals surface area contributed by atoms with Crippen molar-refractivity contribution in [3.05, 3.63) is 53.2 Å². The molecule has 1 unspecified atom stereocenters. The number of aromatic amines is 1. The topological polar surface area (TPSA) is 70.1 Å². The summed E-state index contributed by atoms with van der Waals surface area (Å²) in [5.74, 6) is -0.167. The van der Waals surface area contributed by atoms with Gasteiger partial charge in [0.05, 0.1) is 18.3 Å². The van der Waals surface area contributed by atoms with Gasteiger partial charge in [0.1, 0.15) is 0 Å². The highest BCUT2D eigenvalue weighted by Crippen LogP contribution is 2.39. The Bertz CT molecular complexity index is 1170. The third-order valence-electron chi connectivity index (χ3n) is 6.77. The van der Waals surface area contributed by atoms with Crippen LogP contribution in [-0.2, 0) is 11.3 Å². The van der Waals surface area contributed by atoms with E-state index in [2.05, 4.69) is 39.4 Å². The molecule has 1 atom stereocenters. The number of H-pyrrole nitrogens is 1. The molecule has 7 nitrogen and oxygen atoms in total. The van der Waals surface area contributed by atoms with Gasteiger partial charge in [0.2, 0.25) is 5.91 Å². The molecular formula is C24H29FN6O. The summed E-state index contributed by atoms with van der Waals surface area (Å²) in [6, 6.07) is 4.38. The number of amides is 1. The van der Waals surface area contributed by atoms with Gasteiger partial charge in [0, 0.05) is 48.4 Å². The lowest BCUT2D eigenvalue weighted by Gasteiger charge is -2.29. The first-order valence-corrected chi connectivity index (χ1v) is 11.3. The molecular weight excluding hydrogens is 407 g/mol. The van der Waals surface area contributed by atoms with Crippen molar-refractivity contribution in [1.82, 2.24) is 29.8 Å². The Morgan fingerprint density at radius 2 is 2.19 bits per heavy atom. The fourth-order valence-electron chi connectivity index (χ4n) is 5.11. The molecule has 0 spiro atoms. The molecule has 0 radical (unpaired) electrons. The van der Waals surface area contributed by atoms with E-state index in [-0.39, 0.29) is 17.8 Å². The number of carbonyl (C=O) groups is 1. The zero-order valence-corrected chi connectivity index (χ0v) is 18.6. The minimum absolute atomic E-state index is 0.0547. The van der Waals surface area contributed by atoms with Crippen LogP contribution in [-0.4, -0.2) is 62.4 Å². The maximum atomic E-state index is 15.7. The van der Waals surface area contributed by atoms with Crippen LogP contribution in [0.25, 0.3) is 16.5 Å². The van der Waals surface area contributed by atoms with Gasteiger partial charge in [-0.15, -0.1) is 5.10 Å². The van der Waals surface area contributed by atoms with Gasteiger partial charge in [-0.2, -0.15) is 0 Å². The normalized spacial score (nSPS) is 19.7. The second-order valence-electron chi connectivity index (χ2n) is 8.96. The van der Waals surface area contributed by atoms with Gasteiger partial charge in [-0.3, -0.25) is 14.4 Å². The van der Waals surface area contributed by atoms with Gasteiger partial charge in [-0.25, -0.2) is 4.39 Å². The third kappa shape index (κ3) is 3.83. The van der Waals surface area contributed by atoms with E-state index in [1.165, 1.54) is 5.56 Å². The molecule has 168 valence electrons. The molecule has 32 heavy (non-hydrogen) atoms. The fourth-order valence-corrected chi connectivity index (χ4v) is 5.11. The Morgan fingerprint density at radius 1 is 1.31 bits per heavy atom. The smallest absolute Gasteiger partial charge is 0.224 e. The number of aromatic nitrogens is 4. The zero-order chi connectivity index (χ0) is 22.2. The van der Waals surface area contributed by atoms with Crippen molar-refractivity contribution < 1.29 is 9.18 Å². The number of nitrogens with one attached hydrogen (secondary N) is 1. The molecule has 2 aliphatic rings. The molecule has 1 N–H and O–H groups in total. The molecule has 5 rings (SSSR count). The summed E-state index contributed by atoms with van der Waals surface area (Å²) < 4.78 is 17.3. The van der Waals surface area contributed by atoms with Crippen LogP contribution in [0.5, 0.6) is 0 Å². The predicted molar refractivity (Wildman–Crippen MR) is 121 cm³/mol. The number of carbonyl (C=O) groups excluding carboxylic acids is 1. The summed E-state index contributed by atoms with van der Waals surface area (Å²) in [5.41, 5.74) is 4.21. The second-order valence-corrected chi connectivity index (χ2v) is 8.96. The summed E-state index contributed by atoms with van der Waals surface area (Å²) in [4.78, 5) is 20.2. The Labute approximate surface area is 186 Å². The Kier molecular flexibility index (Phi) is 5.55.